The maximum atomic E-state index is 5.88. The van der Waals surface area contributed by atoms with Gasteiger partial charge in [-0.3, -0.25) is 4.99 Å². The second-order valence-corrected chi connectivity index (χ2v) is 4.94. The lowest BCUT2D eigenvalue weighted by Crippen LogP contribution is -2.28. The second kappa shape index (κ2) is 4.47. The van der Waals surface area contributed by atoms with Crippen molar-refractivity contribution in [3.63, 3.8) is 0 Å². The van der Waals surface area contributed by atoms with E-state index in [9.17, 15) is 0 Å². The number of aryl methyl sites for hydroxylation is 1. The quantitative estimate of drug-likeness (QED) is 0.584. The Bertz CT molecular complexity index is 342. The molecule has 0 unspecified atom stereocenters. The van der Waals surface area contributed by atoms with Crippen LogP contribution in [0.1, 0.15) is 31.9 Å². The molecule has 1 rings (SSSR count). The van der Waals surface area contributed by atoms with E-state index >= 15 is 0 Å². The Morgan fingerprint density at radius 1 is 1.20 bits per heavy atom. The largest absolute Gasteiger partial charge is 0.387 e. The van der Waals surface area contributed by atoms with E-state index in [1.54, 1.807) is 0 Å². The summed E-state index contributed by atoms with van der Waals surface area (Å²) >= 11 is 0. The zero-order valence-corrected chi connectivity index (χ0v) is 10.0. The Kier molecular flexibility index (Phi) is 3.51. The minimum atomic E-state index is -0.0370. The zero-order chi connectivity index (χ0) is 11.5. The molecule has 2 N–H and O–H groups in total. The first kappa shape index (κ1) is 11.8. The molecular weight excluding hydrogens is 184 g/mol. The highest BCUT2D eigenvalue weighted by atomic mass is 14.9. The number of benzene rings is 1. The van der Waals surface area contributed by atoms with Crippen LogP contribution >= 0.6 is 0 Å². The molecule has 0 bridgehead atoms. The van der Waals surface area contributed by atoms with Crippen LogP contribution in [-0.4, -0.2) is 5.84 Å². The van der Waals surface area contributed by atoms with Gasteiger partial charge in [0.05, 0.1) is 12.4 Å². The van der Waals surface area contributed by atoms with Crippen molar-refractivity contribution in [2.45, 2.75) is 34.2 Å². The summed E-state index contributed by atoms with van der Waals surface area (Å²) in [7, 11) is 0. The molecule has 15 heavy (non-hydrogen) atoms. The molecular formula is C13H20N2. The van der Waals surface area contributed by atoms with Crippen molar-refractivity contribution >= 4 is 5.84 Å². The number of nitrogens with zero attached hydrogens (tertiary/aromatic N) is 1. The summed E-state index contributed by atoms with van der Waals surface area (Å²) in [5, 5.41) is 0. The average molecular weight is 204 g/mol. The van der Waals surface area contributed by atoms with Crippen LogP contribution in [0.4, 0.5) is 0 Å². The third-order valence-electron chi connectivity index (χ3n) is 2.32. The molecule has 0 heterocycles. The van der Waals surface area contributed by atoms with Gasteiger partial charge in [-0.25, -0.2) is 0 Å². The molecule has 0 fully saturated rings. The van der Waals surface area contributed by atoms with Crippen molar-refractivity contribution < 1.29 is 0 Å². The van der Waals surface area contributed by atoms with Gasteiger partial charge >= 0.3 is 0 Å². The van der Waals surface area contributed by atoms with Gasteiger partial charge in [0.2, 0.25) is 0 Å². The molecule has 82 valence electrons. The van der Waals surface area contributed by atoms with Crippen molar-refractivity contribution in [3.8, 4) is 0 Å². The Morgan fingerprint density at radius 3 is 2.20 bits per heavy atom. The minimum Gasteiger partial charge on any atom is -0.387 e. The highest BCUT2D eigenvalue weighted by Crippen LogP contribution is 2.13. The van der Waals surface area contributed by atoms with E-state index in [2.05, 4.69) is 57.0 Å². The van der Waals surface area contributed by atoms with Crippen LogP contribution in [0.2, 0.25) is 0 Å². The predicted octanol–water partition coefficient (Wildman–Crippen LogP) is 2.90. The van der Waals surface area contributed by atoms with Crippen LogP contribution < -0.4 is 5.73 Å². The van der Waals surface area contributed by atoms with Crippen molar-refractivity contribution in [3.05, 3.63) is 35.4 Å². The number of rotatable bonds is 2. The van der Waals surface area contributed by atoms with Crippen LogP contribution in [0.25, 0.3) is 0 Å². The van der Waals surface area contributed by atoms with Crippen LogP contribution in [0.5, 0.6) is 0 Å². The number of amidine groups is 1. The molecule has 0 saturated heterocycles. The maximum absolute atomic E-state index is 5.88. The van der Waals surface area contributed by atoms with Gasteiger partial charge in [-0.05, 0) is 12.5 Å². The Hall–Kier alpha value is -1.31. The fourth-order valence-corrected chi connectivity index (χ4v) is 1.11. The molecule has 0 radical (unpaired) electrons. The van der Waals surface area contributed by atoms with E-state index in [1.807, 2.05) is 0 Å². The molecule has 0 saturated carbocycles. The molecule has 2 heteroatoms. The van der Waals surface area contributed by atoms with Crippen molar-refractivity contribution in [1.82, 2.24) is 0 Å². The van der Waals surface area contributed by atoms with E-state index in [-0.39, 0.29) is 5.41 Å². The topological polar surface area (TPSA) is 38.4 Å². The van der Waals surface area contributed by atoms with E-state index in [0.717, 1.165) is 0 Å². The molecule has 1 aromatic rings. The van der Waals surface area contributed by atoms with Crippen molar-refractivity contribution in [1.29, 1.82) is 0 Å². The van der Waals surface area contributed by atoms with Gasteiger partial charge in [-0.15, -0.1) is 0 Å². The number of nitrogens with two attached hydrogens (primary N) is 1. The van der Waals surface area contributed by atoms with Crippen LogP contribution in [-0.2, 0) is 6.54 Å². The molecule has 0 aliphatic heterocycles. The molecule has 0 amide bonds. The third-order valence-corrected chi connectivity index (χ3v) is 2.32. The molecule has 0 aromatic heterocycles. The third kappa shape index (κ3) is 3.74. The van der Waals surface area contributed by atoms with E-state index in [1.165, 1.54) is 11.1 Å². The first-order valence-corrected chi connectivity index (χ1v) is 5.25. The molecule has 0 aliphatic rings. The Morgan fingerprint density at radius 2 is 1.73 bits per heavy atom. The van der Waals surface area contributed by atoms with Crippen LogP contribution in [0, 0.1) is 12.3 Å². The predicted molar refractivity (Wildman–Crippen MR) is 66.0 cm³/mol. The van der Waals surface area contributed by atoms with Crippen molar-refractivity contribution in [2.75, 3.05) is 0 Å². The Labute approximate surface area is 92.2 Å². The van der Waals surface area contributed by atoms with Gasteiger partial charge < -0.3 is 5.73 Å². The molecule has 0 atom stereocenters. The monoisotopic (exact) mass is 204 g/mol. The average Bonchev–Trinajstić information content (AvgIpc) is 2.15. The van der Waals surface area contributed by atoms with Gasteiger partial charge in [-0.1, -0.05) is 50.6 Å². The van der Waals surface area contributed by atoms with E-state index < -0.39 is 0 Å². The summed E-state index contributed by atoms with van der Waals surface area (Å²) in [6, 6.07) is 8.37. The van der Waals surface area contributed by atoms with Gasteiger partial charge in [0.1, 0.15) is 0 Å². The van der Waals surface area contributed by atoms with Crippen LogP contribution in [0.3, 0.4) is 0 Å². The van der Waals surface area contributed by atoms with Gasteiger partial charge in [0, 0.05) is 5.41 Å². The minimum absolute atomic E-state index is 0.0370. The zero-order valence-electron chi connectivity index (χ0n) is 10.0. The lowest BCUT2D eigenvalue weighted by molar-refractivity contribution is 0.581. The molecule has 0 spiro atoms. The SMILES string of the molecule is Cc1ccc(CN=C(N)C(C)(C)C)cc1. The first-order valence-electron chi connectivity index (χ1n) is 5.25. The van der Waals surface area contributed by atoms with Gasteiger partial charge in [0.15, 0.2) is 0 Å². The summed E-state index contributed by atoms with van der Waals surface area (Å²) in [6.07, 6.45) is 0. The Balaban J connectivity index is 2.68. The van der Waals surface area contributed by atoms with E-state index in [0.29, 0.717) is 12.4 Å². The standard InChI is InChI=1S/C13H20N2/c1-10-5-7-11(8-6-10)9-15-12(14)13(2,3)4/h5-8H,9H2,1-4H3,(H2,14,15). The fourth-order valence-electron chi connectivity index (χ4n) is 1.11. The maximum Gasteiger partial charge on any atom is 0.0995 e. The lowest BCUT2D eigenvalue weighted by Gasteiger charge is -2.17. The summed E-state index contributed by atoms with van der Waals surface area (Å²) in [4.78, 5) is 4.39. The summed E-state index contributed by atoms with van der Waals surface area (Å²) < 4.78 is 0. The number of aliphatic imine (C=N–C) groups is 1. The summed E-state index contributed by atoms with van der Waals surface area (Å²) in [6.45, 7) is 8.96. The lowest BCUT2D eigenvalue weighted by atomic mass is 9.95. The van der Waals surface area contributed by atoms with Gasteiger partial charge in [-0.2, -0.15) is 0 Å². The highest BCUT2D eigenvalue weighted by Gasteiger charge is 2.14. The fraction of sp³-hybridized carbons (Fsp3) is 0.462. The normalized spacial score (nSPS) is 12.9. The summed E-state index contributed by atoms with van der Waals surface area (Å²) in [5.41, 5.74) is 8.31. The molecule has 1 aromatic carbocycles. The smallest absolute Gasteiger partial charge is 0.0995 e. The number of hydrogen-bond acceptors (Lipinski definition) is 1. The summed E-state index contributed by atoms with van der Waals surface area (Å²) in [5.74, 6) is 0.711. The molecule has 0 aliphatic carbocycles. The first-order chi connectivity index (χ1) is 6.89. The van der Waals surface area contributed by atoms with E-state index in [4.69, 9.17) is 5.73 Å². The highest BCUT2D eigenvalue weighted by molar-refractivity contribution is 5.85. The van der Waals surface area contributed by atoms with Crippen molar-refractivity contribution in [2.24, 2.45) is 16.1 Å². The van der Waals surface area contributed by atoms with Crippen LogP contribution in [0.15, 0.2) is 29.3 Å². The molecule has 2 nitrogen and oxygen atoms in total. The van der Waals surface area contributed by atoms with Gasteiger partial charge in [0.25, 0.3) is 0 Å². The number of hydrogen-bond donors (Lipinski definition) is 1. The second-order valence-electron chi connectivity index (χ2n) is 4.94.